The molecule has 0 saturated carbocycles. The zero-order valence-corrected chi connectivity index (χ0v) is 14.2. The van der Waals surface area contributed by atoms with Crippen molar-refractivity contribution in [3.63, 3.8) is 0 Å². The van der Waals surface area contributed by atoms with Crippen LogP contribution in [0.4, 0.5) is 4.39 Å². The summed E-state index contributed by atoms with van der Waals surface area (Å²) in [6.45, 7) is 2.15. The predicted molar refractivity (Wildman–Crippen MR) is 94.8 cm³/mol. The van der Waals surface area contributed by atoms with Crippen LogP contribution in [-0.4, -0.2) is 15.0 Å². The molecule has 0 bridgehead atoms. The second kappa shape index (κ2) is 6.93. The maximum absolute atomic E-state index is 13.0. The average Bonchev–Trinajstić information content (AvgIpc) is 2.85. The quantitative estimate of drug-likeness (QED) is 0.776. The van der Waals surface area contributed by atoms with Crippen molar-refractivity contribution < 1.29 is 9.18 Å². The zero-order valence-electron chi connectivity index (χ0n) is 14.2. The van der Waals surface area contributed by atoms with Crippen LogP contribution >= 0.6 is 0 Å². The van der Waals surface area contributed by atoms with Crippen LogP contribution in [0, 0.1) is 5.82 Å². The molecule has 1 amide bonds. The third-order valence-electron chi connectivity index (χ3n) is 4.36. The van der Waals surface area contributed by atoms with Crippen LogP contribution in [0.3, 0.4) is 0 Å². The van der Waals surface area contributed by atoms with Gasteiger partial charge in [0.25, 0.3) is 0 Å². The van der Waals surface area contributed by atoms with Crippen molar-refractivity contribution in [2.75, 3.05) is 0 Å². The van der Waals surface area contributed by atoms with E-state index in [1.165, 1.54) is 12.1 Å². The number of aromatic nitrogens is 2. The van der Waals surface area contributed by atoms with Gasteiger partial charge in [0, 0.05) is 20.0 Å². The molecular formula is C19H20FN3O2. The topological polar surface area (TPSA) is 56.0 Å². The van der Waals surface area contributed by atoms with Crippen molar-refractivity contribution in [2.24, 2.45) is 7.05 Å². The number of hydrogen-bond acceptors (Lipinski definition) is 2. The van der Waals surface area contributed by atoms with Gasteiger partial charge in [0.05, 0.1) is 17.1 Å². The Morgan fingerprint density at radius 3 is 2.44 bits per heavy atom. The Bertz CT molecular complexity index is 957. The van der Waals surface area contributed by atoms with Gasteiger partial charge in [0.15, 0.2) is 0 Å². The number of rotatable bonds is 5. The SMILES string of the molecule is CC(NC(=O)CCn1c(=O)n(C)c2ccccc21)c1ccc(F)cc1. The molecule has 0 radical (unpaired) electrons. The van der Waals surface area contributed by atoms with Gasteiger partial charge in [-0.15, -0.1) is 0 Å². The third kappa shape index (κ3) is 3.47. The van der Waals surface area contributed by atoms with Crippen LogP contribution in [-0.2, 0) is 18.4 Å². The lowest BCUT2D eigenvalue weighted by Crippen LogP contribution is -2.29. The normalized spacial score (nSPS) is 12.3. The minimum absolute atomic E-state index is 0.138. The highest BCUT2D eigenvalue weighted by atomic mass is 19.1. The van der Waals surface area contributed by atoms with Crippen LogP contribution in [0.15, 0.2) is 53.3 Å². The standard InChI is InChI=1S/C19H20FN3O2/c1-13(14-7-9-15(20)10-8-14)21-18(24)11-12-23-17-6-4-3-5-16(17)22(2)19(23)25/h3-10,13H,11-12H2,1-2H3,(H,21,24). The molecule has 6 heteroatoms. The fourth-order valence-corrected chi connectivity index (χ4v) is 2.94. The predicted octanol–water partition coefficient (Wildman–Crippen LogP) is 2.75. The van der Waals surface area contributed by atoms with Gasteiger partial charge in [-0.25, -0.2) is 9.18 Å². The zero-order chi connectivity index (χ0) is 18.0. The molecule has 0 saturated heterocycles. The highest BCUT2D eigenvalue weighted by molar-refractivity contribution is 5.78. The second-order valence-corrected chi connectivity index (χ2v) is 6.07. The van der Waals surface area contributed by atoms with Gasteiger partial charge in [0.1, 0.15) is 5.82 Å². The molecule has 1 N–H and O–H groups in total. The van der Waals surface area contributed by atoms with Crippen LogP contribution in [0.2, 0.25) is 0 Å². The molecule has 130 valence electrons. The van der Waals surface area contributed by atoms with E-state index < -0.39 is 0 Å². The van der Waals surface area contributed by atoms with Crippen molar-refractivity contribution in [3.05, 3.63) is 70.4 Å². The van der Waals surface area contributed by atoms with Crippen molar-refractivity contribution in [2.45, 2.75) is 25.9 Å². The minimum atomic E-state index is -0.308. The molecular weight excluding hydrogens is 321 g/mol. The van der Waals surface area contributed by atoms with E-state index in [-0.39, 0.29) is 29.9 Å². The lowest BCUT2D eigenvalue weighted by Gasteiger charge is -2.14. The van der Waals surface area contributed by atoms with Crippen molar-refractivity contribution >= 4 is 16.9 Å². The van der Waals surface area contributed by atoms with Gasteiger partial charge >= 0.3 is 5.69 Å². The fraction of sp³-hybridized carbons (Fsp3) is 0.263. The average molecular weight is 341 g/mol. The van der Waals surface area contributed by atoms with Crippen molar-refractivity contribution in [3.8, 4) is 0 Å². The molecule has 1 atom stereocenters. The molecule has 25 heavy (non-hydrogen) atoms. The molecule has 0 aliphatic rings. The number of fused-ring (bicyclic) bond motifs is 1. The van der Waals surface area contributed by atoms with E-state index in [4.69, 9.17) is 0 Å². The number of hydrogen-bond donors (Lipinski definition) is 1. The van der Waals surface area contributed by atoms with E-state index in [1.807, 2.05) is 31.2 Å². The van der Waals surface area contributed by atoms with E-state index in [9.17, 15) is 14.0 Å². The highest BCUT2D eigenvalue weighted by Crippen LogP contribution is 2.14. The molecule has 3 aromatic rings. The Morgan fingerprint density at radius 1 is 1.12 bits per heavy atom. The van der Waals surface area contributed by atoms with Crippen LogP contribution in [0.1, 0.15) is 24.9 Å². The summed E-state index contributed by atoms with van der Waals surface area (Å²) in [5, 5.41) is 2.88. The maximum atomic E-state index is 13.0. The smallest absolute Gasteiger partial charge is 0.328 e. The second-order valence-electron chi connectivity index (χ2n) is 6.07. The van der Waals surface area contributed by atoms with Gasteiger partial charge in [0.2, 0.25) is 5.91 Å². The largest absolute Gasteiger partial charge is 0.350 e. The Kier molecular flexibility index (Phi) is 4.70. The number of benzene rings is 2. The molecule has 3 rings (SSSR count). The molecule has 1 aromatic heterocycles. The highest BCUT2D eigenvalue weighted by Gasteiger charge is 2.13. The maximum Gasteiger partial charge on any atom is 0.328 e. The first kappa shape index (κ1) is 17.0. The van der Waals surface area contributed by atoms with Crippen LogP contribution < -0.4 is 11.0 Å². The molecule has 0 aliphatic carbocycles. The summed E-state index contributed by atoms with van der Waals surface area (Å²) >= 11 is 0. The summed E-state index contributed by atoms with van der Waals surface area (Å²) in [7, 11) is 1.72. The van der Waals surface area contributed by atoms with Crippen LogP contribution in [0.5, 0.6) is 0 Å². The number of amides is 1. The van der Waals surface area contributed by atoms with E-state index in [2.05, 4.69) is 5.32 Å². The minimum Gasteiger partial charge on any atom is -0.350 e. The third-order valence-corrected chi connectivity index (χ3v) is 4.36. The van der Waals surface area contributed by atoms with Crippen LogP contribution in [0.25, 0.3) is 11.0 Å². The van der Waals surface area contributed by atoms with E-state index in [0.29, 0.717) is 6.54 Å². The molecule has 2 aromatic carbocycles. The van der Waals surface area contributed by atoms with Crippen molar-refractivity contribution in [1.82, 2.24) is 14.5 Å². The Hall–Kier alpha value is -2.89. The number of halogens is 1. The first-order chi connectivity index (χ1) is 12.0. The van der Waals surface area contributed by atoms with Gasteiger partial charge in [-0.05, 0) is 36.8 Å². The number of nitrogens with one attached hydrogen (secondary N) is 1. The molecule has 1 unspecified atom stereocenters. The summed E-state index contributed by atoms with van der Waals surface area (Å²) in [5.41, 5.74) is 2.35. The summed E-state index contributed by atoms with van der Waals surface area (Å²) in [6, 6.07) is 13.3. The van der Waals surface area contributed by atoms with Gasteiger partial charge in [-0.3, -0.25) is 13.9 Å². The molecule has 0 fully saturated rings. The molecule has 5 nitrogen and oxygen atoms in total. The Balaban J connectivity index is 1.68. The number of para-hydroxylation sites is 2. The van der Waals surface area contributed by atoms with Gasteiger partial charge in [-0.1, -0.05) is 24.3 Å². The summed E-state index contributed by atoms with van der Waals surface area (Å²) in [6.07, 6.45) is 0.194. The first-order valence-corrected chi connectivity index (χ1v) is 8.16. The Morgan fingerprint density at radius 2 is 1.76 bits per heavy atom. The van der Waals surface area contributed by atoms with Crippen molar-refractivity contribution in [1.29, 1.82) is 0 Å². The first-order valence-electron chi connectivity index (χ1n) is 8.16. The van der Waals surface area contributed by atoms with Gasteiger partial charge in [-0.2, -0.15) is 0 Å². The van der Waals surface area contributed by atoms with E-state index >= 15 is 0 Å². The van der Waals surface area contributed by atoms with E-state index in [1.54, 1.807) is 28.3 Å². The molecule has 1 heterocycles. The lowest BCUT2D eigenvalue weighted by atomic mass is 10.1. The summed E-state index contributed by atoms with van der Waals surface area (Å²) in [5.74, 6) is -0.464. The number of nitrogens with zero attached hydrogens (tertiary/aromatic N) is 2. The summed E-state index contributed by atoms with van der Waals surface area (Å²) in [4.78, 5) is 24.5. The Labute approximate surface area is 144 Å². The molecule has 0 aliphatic heterocycles. The monoisotopic (exact) mass is 341 g/mol. The van der Waals surface area contributed by atoms with E-state index in [0.717, 1.165) is 16.6 Å². The number of carbonyl (C=O) groups is 1. The molecule has 0 spiro atoms. The number of imidazole rings is 1. The number of aryl methyl sites for hydroxylation is 2. The fourth-order valence-electron chi connectivity index (χ4n) is 2.94. The van der Waals surface area contributed by atoms with Gasteiger partial charge < -0.3 is 5.32 Å². The number of carbonyl (C=O) groups excluding carboxylic acids is 1. The lowest BCUT2D eigenvalue weighted by molar-refractivity contribution is -0.121. The summed E-state index contributed by atoms with van der Waals surface area (Å²) < 4.78 is 16.2.